The second kappa shape index (κ2) is 12.2. The summed E-state index contributed by atoms with van der Waals surface area (Å²) in [5.74, 6) is 1.07. The van der Waals surface area contributed by atoms with Crippen molar-refractivity contribution in [3.8, 4) is 0 Å². The van der Waals surface area contributed by atoms with Crippen molar-refractivity contribution >= 4 is 47.3 Å². The maximum absolute atomic E-state index is 14.0. The molecule has 7 nitrogen and oxygen atoms in total. The third-order valence-corrected chi connectivity index (χ3v) is 6.17. The van der Waals surface area contributed by atoms with Gasteiger partial charge < -0.3 is 20.9 Å². The molecule has 3 N–H and O–H groups in total. The summed E-state index contributed by atoms with van der Waals surface area (Å²) in [4.78, 5) is 22.8. The van der Waals surface area contributed by atoms with Crippen LogP contribution < -0.4 is 20.9 Å². The van der Waals surface area contributed by atoms with E-state index in [1.165, 1.54) is 6.07 Å². The maximum Gasteiger partial charge on any atom is 0.227 e. The Kier molecular flexibility index (Phi) is 9.28. The molecule has 1 aliphatic carbocycles. The van der Waals surface area contributed by atoms with E-state index >= 15 is 0 Å². The van der Waals surface area contributed by atoms with E-state index in [9.17, 15) is 9.18 Å². The number of anilines is 2. The molecule has 0 radical (unpaired) electrons. The summed E-state index contributed by atoms with van der Waals surface area (Å²) in [5.41, 5.74) is 1.88. The number of carbonyl (C=O) groups excluding carboxylic acids is 1. The topological polar surface area (TPSA) is 81.6 Å². The van der Waals surface area contributed by atoms with E-state index in [-0.39, 0.29) is 47.7 Å². The van der Waals surface area contributed by atoms with Gasteiger partial charge in [0.15, 0.2) is 17.6 Å². The highest BCUT2D eigenvalue weighted by molar-refractivity contribution is 14.0. The average molecular weight is 566 g/mol. The molecular formula is C24H32FIN6O. The van der Waals surface area contributed by atoms with Crippen LogP contribution in [0.1, 0.15) is 37.7 Å². The standard InChI is InChI=1S/C24H31FN6O.HI/c1-26-24(30-20-11-13-31(16-20)22-21(25)10-5-12-27-22)28-15-17-6-4-9-19(14-17)29-23(32)18-7-2-3-8-18;/h4-6,9-10,12,14,18,20H,2-3,7-8,11,13,15-16H2,1H3,(H,29,32)(H2,26,28,30);1H. The maximum atomic E-state index is 14.0. The lowest BCUT2D eigenvalue weighted by atomic mass is 10.1. The van der Waals surface area contributed by atoms with Crippen molar-refractivity contribution in [1.82, 2.24) is 15.6 Å². The molecule has 2 aliphatic rings. The smallest absolute Gasteiger partial charge is 0.227 e. The Morgan fingerprint density at radius 1 is 1.21 bits per heavy atom. The van der Waals surface area contributed by atoms with Crippen LogP contribution in [0.15, 0.2) is 47.6 Å². The summed E-state index contributed by atoms with van der Waals surface area (Å²) in [6.07, 6.45) is 6.75. The van der Waals surface area contributed by atoms with Crippen LogP contribution in [0.2, 0.25) is 0 Å². The summed E-state index contributed by atoms with van der Waals surface area (Å²) >= 11 is 0. The third-order valence-electron chi connectivity index (χ3n) is 6.17. The molecule has 1 aromatic carbocycles. The predicted molar refractivity (Wildman–Crippen MR) is 141 cm³/mol. The number of benzene rings is 1. The van der Waals surface area contributed by atoms with Crippen LogP contribution >= 0.6 is 24.0 Å². The first kappa shape index (κ1) is 25.2. The van der Waals surface area contributed by atoms with Crippen molar-refractivity contribution < 1.29 is 9.18 Å². The first-order valence-corrected chi connectivity index (χ1v) is 11.3. The minimum atomic E-state index is -0.296. The summed E-state index contributed by atoms with van der Waals surface area (Å²) in [5, 5.41) is 9.80. The number of hydrogen-bond donors (Lipinski definition) is 3. The van der Waals surface area contributed by atoms with Crippen LogP contribution in [-0.2, 0) is 11.3 Å². The van der Waals surface area contributed by atoms with Crippen LogP contribution in [0.3, 0.4) is 0 Å². The molecule has 1 aromatic heterocycles. The molecule has 2 fully saturated rings. The molecular weight excluding hydrogens is 534 g/mol. The monoisotopic (exact) mass is 566 g/mol. The van der Waals surface area contributed by atoms with E-state index in [0.29, 0.717) is 24.9 Å². The minimum absolute atomic E-state index is 0. The van der Waals surface area contributed by atoms with Crippen molar-refractivity contribution in [1.29, 1.82) is 0 Å². The molecule has 2 aromatic rings. The van der Waals surface area contributed by atoms with Gasteiger partial charge in [-0.25, -0.2) is 9.37 Å². The number of pyridine rings is 1. The van der Waals surface area contributed by atoms with Crippen molar-refractivity contribution in [3.63, 3.8) is 0 Å². The van der Waals surface area contributed by atoms with Crippen molar-refractivity contribution in [2.45, 2.75) is 44.7 Å². The van der Waals surface area contributed by atoms with Gasteiger partial charge in [-0.1, -0.05) is 25.0 Å². The molecule has 1 saturated heterocycles. The first-order chi connectivity index (χ1) is 15.6. The number of aliphatic imine (C=N–C) groups is 1. The molecule has 1 unspecified atom stereocenters. The number of amides is 1. The fourth-order valence-electron chi connectivity index (χ4n) is 4.45. The largest absolute Gasteiger partial charge is 0.352 e. The van der Waals surface area contributed by atoms with Gasteiger partial charge in [-0.3, -0.25) is 9.79 Å². The van der Waals surface area contributed by atoms with Gasteiger partial charge in [-0.05, 0) is 49.1 Å². The molecule has 2 heterocycles. The van der Waals surface area contributed by atoms with Gasteiger partial charge in [0.2, 0.25) is 5.91 Å². The summed E-state index contributed by atoms with van der Waals surface area (Å²) in [6.45, 7) is 1.99. The first-order valence-electron chi connectivity index (χ1n) is 11.3. The van der Waals surface area contributed by atoms with Crippen LogP contribution in [-0.4, -0.2) is 43.0 Å². The van der Waals surface area contributed by atoms with Gasteiger partial charge in [0.05, 0.1) is 0 Å². The molecule has 1 aliphatic heterocycles. The number of guanidine groups is 1. The second-order valence-corrected chi connectivity index (χ2v) is 8.48. The Labute approximate surface area is 211 Å². The Hall–Kier alpha value is -2.43. The van der Waals surface area contributed by atoms with Gasteiger partial charge in [-0.2, -0.15) is 0 Å². The van der Waals surface area contributed by atoms with E-state index in [2.05, 4.69) is 25.9 Å². The van der Waals surface area contributed by atoms with Gasteiger partial charge >= 0.3 is 0 Å². The second-order valence-electron chi connectivity index (χ2n) is 8.48. The van der Waals surface area contributed by atoms with Crippen molar-refractivity contribution in [2.24, 2.45) is 10.9 Å². The van der Waals surface area contributed by atoms with E-state index < -0.39 is 0 Å². The zero-order valence-corrected chi connectivity index (χ0v) is 21.2. The van der Waals surface area contributed by atoms with Gasteiger partial charge in [0.25, 0.3) is 0 Å². The normalized spacial score (nSPS) is 18.7. The number of nitrogens with zero attached hydrogens (tertiary/aromatic N) is 3. The number of halogens is 2. The SMILES string of the molecule is CN=C(NCc1cccc(NC(=O)C2CCCC2)c1)NC1CCN(c2ncccc2F)C1.I. The average Bonchev–Trinajstić information content (AvgIpc) is 3.50. The molecule has 4 rings (SSSR count). The molecule has 0 bridgehead atoms. The van der Waals surface area contributed by atoms with E-state index in [1.54, 1.807) is 19.3 Å². The predicted octanol–water partition coefficient (Wildman–Crippen LogP) is 3.91. The quantitative estimate of drug-likeness (QED) is 0.281. The van der Waals surface area contributed by atoms with Crippen molar-refractivity contribution in [3.05, 3.63) is 54.0 Å². The zero-order valence-electron chi connectivity index (χ0n) is 18.9. The molecule has 9 heteroatoms. The fraction of sp³-hybridized carbons (Fsp3) is 0.458. The molecule has 1 amide bonds. The highest BCUT2D eigenvalue weighted by Gasteiger charge is 2.26. The molecule has 0 spiro atoms. The Balaban J connectivity index is 0.00000306. The van der Waals surface area contributed by atoms with E-state index in [1.807, 2.05) is 29.2 Å². The molecule has 1 atom stereocenters. The lowest BCUT2D eigenvalue weighted by molar-refractivity contribution is -0.119. The lowest BCUT2D eigenvalue weighted by Gasteiger charge is -2.20. The van der Waals surface area contributed by atoms with Crippen LogP contribution in [0.4, 0.5) is 15.9 Å². The van der Waals surface area contributed by atoms with E-state index in [0.717, 1.165) is 49.9 Å². The summed E-state index contributed by atoms with van der Waals surface area (Å²) in [7, 11) is 1.73. The molecule has 178 valence electrons. The number of rotatable bonds is 6. The zero-order chi connectivity index (χ0) is 22.3. The fourth-order valence-corrected chi connectivity index (χ4v) is 4.45. The van der Waals surface area contributed by atoms with Gasteiger partial charge in [0.1, 0.15) is 0 Å². The van der Waals surface area contributed by atoms with Crippen LogP contribution in [0.5, 0.6) is 0 Å². The molecule has 1 saturated carbocycles. The van der Waals surface area contributed by atoms with Crippen LogP contribution in [0.25, 0.3) is 0 Å². The number of nitrogens with one attached hydrogen (secondary N) is 3. The van der Waals surface area contributed by atoms with E-state index in [4.69, 9.17) is 0 Å². The number of hydrogen-bond acceptors (Lipinski definition) is 4. The minimum Gasteiger partial charge on any atom is -0.352 e. The third kappa shape index (κ3) is 6.78. The Morgan fingerprint density at radius 2 is 2.03 bits per heavy atom. The number of carbonyl (C=O) groups is 1. The highest BCUT2D eigenvalue weighted by atomic mass is 127. The van der Waals surface area contributed by atoms with Gasteiger partial charge in [-0.15, -0.1) is 24.0 Å². The highest BCUT2D eigenvalue weighted by Crippen LogP contribution is 2.26. The summed E-state index contributed by atoms with van der Waals surface area (Å²) in [6, 6.07) is 11.1. The number of aromatic nitrogens is 1. The van der Waals surface area contributed by atoms with Crippen molar-refractivity contribution in [2.75, 3.05) is 30.4 Å². The lowest BCUT2D eigenvalue weighted by Crippen LogP contribution is -2.44. The van der Waals surface area contributed by atoms with Gasteiger partial charge in [0, 0.05) is 50.5 Å². The Bertz CT molecular complexity index is 965. The Morgan fingerprint density at radius 3 is 2.79 bits per heavy atom. The molecule has 33 heavy (non-hydrogen) atoms. The summed E-state index contributed by atoms with van der Waals surface area (Å²) < 4.78 is 14.0. The van der Waals surface area contributed by atoms with Crippen LogP contribution in [0, 0.1) is 11.7 Å².